The average Bonchev–Trinajstić information content (AvgIpc) is 2.37. The summed E-state index contributed by atoms with van der Waals surface area (Å²) in [6.07, 6.45) is 5.52. The lowest BCUT2D eigenvalue weighted by molar-refractivity contribution is 0.199. The minimum atomic E-state index is 0.484. The number of benzene rings is 1. The maximum Gasteiger partial charge on any atom is 0.0332 e. The van der Waals surface area contributed by atoms with Gasteiger partial charge in [0.1, 0.15) is 0 Å². The van der Waals surface area contributed by atoms with E-state index < -0.39 is 0 Å². The number of aryl methyl sites for hydroxylation is 2. The van der Waals surface area contributed by atoms with E-state index in [1.54, 1.807) is 0 Å². The van der Waals surface area contributed by atoms with E-state index in [-0.39, 0.29) is 0 Å². The summed E-state index contributed by atoms with van der Waals surface area (Å²) < 4.78 is 0. The van der Waals surface area contributed by atoms with Gasteiger partial charge in [0.05, 0.1) is 0 Å². The van der Waals surface area contributed by atoms with Gasteiger partial charge in [-0.1, -0.05) is 42.7 Å². The summed E-state index contributed by atoms with van der Waals surface area (Å²) in [5, 5.41) is 3.66. The smallest absolute Gasteiger partial charge is 0.0332 e. The lowest BCUT2D eigenvalue weighted by Crippen LogP contribution is -2.32. The molecular weight excluding hydrogens is 256 g/mol. The molecule has 0 aliphatic heterocycles. The molecule has 1 fully saturated rings. The van der Waals surface area contributed by atoms with Crippen LogP contribution in [0.2, 0.25) is 0 Å². The molecule has 1 atom stereocenters. The van der Waals surface area contributed by atoms with Gasteiger partial charge in [-0.15, -0.1) is 0 Å². The van der Waals surface area contributed by atoms with E-state index in [0.29, 0.717) is 6.04 Å². The van der Waals surface area contributed by atoms with Crippen LogP contribution in [0.5, 0.6) is 0 Å². The van der Waals surface area contributed by atoms with Crippen molar-refractivity contribution in [1.82, 2.24) is 10.2 Å². The fourth-order valence-corrected chi connectivity index (χ4v) is 3.40. The van der Waals surface area contributed by atoms with Gasteiger partial charge < -0.3 is 10.2 Å². The second-order valence-electron chi connectivity index (χ2n) is 6.88. The Morgan fingerprint density at radius 1 is 1.19 bits per heavy atom. The molecule has 1 aromatic rings. The van der Waals surface area contributed by atoms with Crippen molar-refractivity contribution < 1.29 is 0 Å². The molecule has 0 saturated heterocycles. The Morgan fingerprint density at radius 2 is 1.86 bits per heavy atom. The van der Waals surface area contributed by atoms with Crippen molar-refractivity contribution in [3.8, 4) is 0 Å². The first-order valence-corrected chi connectivity index (χ1v) is 8.58. The lowest BCUT2D eigenvalue weighted by atomic mass is 9.85. The molecule has 2 rings (SSSR count). The first-order chi connectivity index (χ1) is 10.1. The number of rotatable bonds is 8. The minimum Gasteiger partial charge on any atom is -0.310 e. The molecule has 118 valence electrons. The molecule has 1 unspecified atom stereocenters. The van der Waals surface area contributed by atoms with Crippen LogP contribution in [0.15, 0.2) is 18.2 Å². The highest BCUT2D eigenvalue weighted by Gasteiger charge is 2.19. The SMILES string of the molecule is CCNC(CCN(C)CC1CCC1)c1cc(C)cc(C)c1. The summed E-state index contributed by atoms with van der Waals surface area (Å²) in [6, 6.07) is 7.42. The minimum absolute atomic E-state index is 0.484. The molecule has 0 spiro atoms. The van der Waals surface area contributed by atoms with Crippen LogP contribution < -0.4 is 5.32 Å². The third-order valence-electron chi connectivity index (χ3n) is 4.69. The summed E-state index contributed by atoms with van der Waals surface area (Å²) in [5.74, 6) is 0.966. The Bertz CT molecular complexity index is 417. The molecule has 0 aromatic heterocycles. The predicted molar refractivity (Wildman–Crippen MR) is 91.8 cm³/mol. The normalized spacial score (nSPS) is 17.0. The molecule has 0 bridgehead atoms. The van der Waals surface area contributed by atoms with E-state index in [2.05, 4.69) is 56.2 Å². The summed E-state index contributed by atoms with van der Waals surface area (Å²) in [5.41, 5.74) is 4.19. The standard InChI is InChI=1S/C19H32N2/c1-5-20-19(18-12-15(2)11-16(3)13-18)9-10-21(4)14-17-7-6-8-17/h11-13,17,19-20H,5-10,14H2,1-4H3. The molecule has 0 heterocycles. The predicted octanol–water partition coefficient (Wildman–Crippen LogP) is 4.08. The van der Waals surface area contributed by atoms with E-state index in [9.17, 15) is 0 Å². The monoisotopic (exact) mass is 288 g/mol. The zero-order valence-electron chi connectivity index (χ0n) is 14.3. The summed E-state index contributed by atoms with van der Waals surface area (Å²) >= 11 is 0. The van der Waals surface area contributed by atoms with Crippen LogP contribution in [0.1, 0.15) is 55.3 Å². The Morgan fingerprint density at radius 3 is 2.38 bits per heavy atom. The Kier molecular flexibility index (Phi) is 6.25. The molecule has 0 radical (unpaired) electrons. The molecule has 1 saturated carbocycles. The molecule has 1 N–H and O–H groups in total. The maximum absolute atomic E-state index is 3.66. The second-order valence-corrected chi connectivity index (χ2v) is 6.88. The molecule has 0 amide bonds. The molecular formula is C19H32N2. The fraction of sp³-hybridized carbons (Fsp3) is 0.684. The zero-order chi connectivity index (χ0) is 15.2. The molecule has 2 heteroatoms. The molecule has 21 heavy (non-hydrogen) atoms. The number of nitrogens with zero attached hydrogens (tertiary/aromatic N) is 1. The van der Waals surface area contributed by atoms with Crippen molar-refractivity contribution in [2.45, 2.75) is 52.5 Å². The fourth-order valence-electron chi connectivity index (χ4n) is 3.40. The average molecular weight is 288 g/mol. The highest BCUT2D eigenvalue weighted by Crippen LogP contribution is 2.27. The molecule has 1 aliphatic rings. The van der Waals surface area contributed by atoms with Crippen LogP contribution in [0, 0.1) is 19.8 Å². The van der Waals surface area contributed by atoms with Crippen molar-refractivity contribution >= 4 is 0 Å². The highest BCUT2D eigenvalue weighted by atomic mass is 15.1. The van der Waals surface area contributed by atoms with Crippen LogP contribution in [-0.4, -0.2) is 31.6 Å². The van der Waals surface area contributed by atoms with Gasteiger partial charge in [-0.3, -0.25) is 0 Å². The molecule has 1 aromatic carbocycles. The quantitative estimate of drug-likeness (QED) is 0.775. The Hall–Kier alpha value is -0.860. The summed E-state index contributed by atoms with van der Waals surface area (Å²) in [7, 11) is 2.28. The number of hydrogen-bond acceptors (Lipinski definition) is 2. The van der Waals surface area contributed by atoms with Crippen molar-refractivity contribution in [1.29, 1.82) is 0 Å². The van der Waals surface area contributed by atoms with Gasteiger partial charge in [-0.05, 0) is 64.7 Å². The molecule has 1 aliphatic carbocycles. The van der Waals surface area contributed by atoms with Gasteiger partial charge in [0.15, 0.2) is 0 Å². The third kappa shape index (κ3) is 5.12. The van der Waals surface area contributed by atoms with Crippen molar-refractivity contribution in [3.63, 3.8) is 0 Å². The topological polar surface area (TPSA) is 15.3 Å². The van der Waals surface area contributed by atoms with Gasteiger partial charge in [0.25, 0.3) is 0 Å². The van der Waals surface area contributed by atoms with Crippen molar-refractivity contribution in [2.75, 3.05) is 26.7 Å². The van der Waals surface area contributed by atoms with Gasteiger partial charge >= 0.3 is 0 Å². The van der Waals surface area contributed by atoms with Gasteiger partial charge in [0.2, 0.25) is 0 Å². The number of nitrogens with one attached hydrogen (secondary N) is 1. The van der Waals surface area contributed by atoms with Gasteiger partial charge in [-0.25, -0.2) is 0 Å². The Balaban J connectivity index is 1.91. The van der Waals surface area contributed by atoms with Crippen LogP contribution in [-0.2, 0) is 0 Å². The third-order valence-corrected chi connectivity index (χ3v) is 4.69. The van der Waals surface area contributed by atoms with E-state index in [0.717, 1.165) is 12.5 Å². The van der Waals surface area contributed by atoms with Gasteiger partial charge in [-0.2, -0.15) is 0 Å². The van der Waals surface area contributed by atoms with Crippen LogP contribution in [0.3, 0.4) is 0 Å². The van der Waals surface area contributed by atoms with E-state index in [4.69, 9.17) is 0 Å². The first kappa shape index (κ1) is 16.5. The van der Waals surface area contributed by atoms with E-state index >= 15 is 0 Å². The highest BCUT2D eigenvalue weighted by molar-refractivity contribution is 5.30. The van der Waals surface area contributed by atoms with E-state index in [1.807, 2.05) is 0 Å². The van der Waals surface area contributed by atoms with Crippen molar-refractivity contribution in [2.24, 2.45) is 5.92 Å². The summed E-state index contributed by atoms with van der Waals surface area (Å²) in [6.45, 7) is 10.1. The lowest BCUT2D eigenvalue weighted by Gasteiger charge is -2.31. The first-order valence-electron chi connectivity index (χ1n) is 8.58. The van der Waals surface area contributed by atoms with Crippen LogP contribution in [0.4, 0.5) is 0 Å². The Labute approximate surface area is 130 Å². The van der Waals surface area contributed by atoms with Crippen LogP contribution >= 0.6 is 0 Å². The largest absolute Gasteiger partial charge is 0.310 e. The number of hydrogen-bond donors (Lipinski definition) is 1. The second kappa shape index (κ2) is 7.95. The van der Waals surface area contributed by atoms with Gasteiger partial charge in [0, 0.05) is 12.6 Å². The van der Waals surface area contributed by atoms with Crippen molar-refractivity contribution in [3.05, 3.63) is 34.9 Å². The van der Waals surface area contributed by atoms with Crippen LogP contribution in [0.25, 0.3) is 0 Å². The molecule has 2 nitrogen and oxygen atoms in total. The zero-order valence-corrected chi connectivity index (χ0v) is 14.3. The summed E-state index contributed by atoms with van der Waals surface area (Å²) in [4.78, 5) is 2.52. The maximum atomic E-state index is 3.66. The van der Waals surface area contributed by atoms with E-state index in [1.165, 1.54) is 55.5 Å².